The van der Waals surface area contributed by atoms with Gasteiger partial charge in [-0.3, -0.25) is 14.5 Å². The number of unbranched alkanes of at least 4 members (excludes halogenated alkanes) is 2. The SMILES string of the molecule is CCCCN(CCCC)C(=O)c1cc(C)n(-c2ccc(-c3cccc(F)c3Cl)cc2C(=O)CN2Cc3ccccc3C[C@H]2C)n1. The summed E-state index contributed by atoms with van der Waals surface area (Å²) in [5, 5.41) is 4.77. The average Bonchev–Trinajstić information content (AvgIpc) is 3.43. The third-order valence-corrected chi connectivity index (χ3v) is 9.11. The number of halogens is 2. The summed E-state index contributed by atoms with van der Waals surface area (Å²) < 4.78 is 16.1. The van der Waals surface area contributed by atoms with Crippen LogP contribution in [0.25, 0.3) is 16.8 Å². The standard InChI is InChI=1S/C37H42ClFN4O2/c1-5-7-18-41(19-8-6-2)37(45)33-21-26(4)43(40-33)34-17-16-28(30-14-11-15-32(39)36(30)38)22-31(34)35(44)24-42-23-29-13-10-9-12-27(29)20-25(42)3/h9-17,21-22,25H,5-8,18-20,23-24H2,1-4H3/t25-/m1/s1. The Morgan fingerprint density at radius 2 is 1.69 bits per heavy atom. The van der Waals surface area contributed by atoms with Crippen LogP contribution in [0.4, 0.5) is 4.39 Å². The minimum Gasteiger partial charge on any atom is -0.337 e. The maximum Gasteiger partial charge on any atom is 0.274 e. The highest BCUT2D eigenvalue weighted by molar-refractivity contribution is 6.33. The number of aryl methyl sites for hydroxylation is 1. The van der Waals surface area contributed by atoms with Gasteiger partial charge in [0.2, 0.25) is 0 Å². The Kier molecular flexibility index (Phi) is 10.5. The number of benzene rings is 3. The maximum absolute atomic E-state index is 14.4. The predicted molar refractivity (Wildman–Crippen MR) is 179 cm³/mol. The molecular formula is C37H42ClFN4O2. The summed E-state index contributed by atoms with van der Waals surface area (Å²) in [6.45, 7) is 10.5. The Hall–Kier alpha value is -3.81. The molecule has 5 rings (SSSR count). The second-order valence-corrected chi connectivity index (χ2v) is 12.4. The molecule has 0 saturated heterocycles. The number of carbonyl (C=O) groups excluding carboxylic acids is 2. The highest BCUT2D eigenvalue weighted by Gasteiger charge is 2.27. The van der Waals surface area contributed by atoms with Gasteiger partial charge in [-0.2, -0.15) is 5.10 Å². The second kappa shape index (κ2) is 14.5. The molecule has 0 saturated carbocycles. The molecule has 1 amide bonds. The first-order valence-electron chi connectivity index (χ1n) is 16.0. The number of aromatic nitrogens is 2. The van der Waals surface area contributed by atoms with Crippen molar-refractivity contribution in [3.63, 3.8) is 0 Å². The molecule has 4 aromatic rings. The van der Waals surface area contributed by atoms with E-state index in [1.54, 1.807) is 28.9 Å². The van der Waals surface area contributed by atoms with E-state index in [4.69, 9.17) is 16.7 Å². The molecule has 0 spiro atoms. The predicted octanol–water partition coefficient (Wildman–Crippen LogP) is 8.31. The maximum atomic E-state index is 14.4. The quantitative estimate of drug-likeness (QED) is 0.148. The van der Waals surface area contributed by atoms with Crippen LogP contribution >= 0.6 is 11.6 Å². The number of hydrogen-bond donors (Lipinski definition) is 0. The first-order chi connectivity index (χ1) is 21.7. The van der Waals surface area contributed by atoms with Crippen molar-refractivity contribution in [1.29, 1.82) is 0 Å². The normalized spacial score (nSPS) is 14.8. The first kappa shape index (κ1) is 32.6. The minimum absolute atomic E-state index is 0.00677. The van der Waals surface area contributed by atoms with Gasteiger partial charge in [-0.1, -0.05) is 80.8 Å². The first-order valence-corrected chi connectivity index (χ1v) is 16.4. The van der Waals surface area contributed by atoms with E-state index in [0.717, 1.165) is 37.8 Å². The van der Waals surface area contributed by atoms with Crippen LogP contribution in [0.15, 0.2) is 66.7 Å². The van der Waals surface area contributed by atoms with E-state index < -0.39 is 5.82 Å². The molecule has 1 atom stereocenters. The van der Waals surface area contributed by atoms with Gasteiger partial charge >= 0.3 is 0 Å². The van der Waals surface area contributed by atoms with Gasteiger partial charge in [0.05, 0.1) is 17.3 Å². The lowest BCUT2D eigenvalue weighted by atomic mass is 9.94. The van der Waals surface area contributed by atoms with Gasteiger partial charge in [0.25, 0.3) is 5.91 Å². The molecule has 8 heteroatoms. The third kappa shape index (κ3) is 7.21. The van der Waals surface area contributed by atoms with Crippen LogP contribution in [0.2, 0.25) is 5.02 Å². The number of rotatable bonds is 12. The summed E-state index contributed by atoms with van der Waals surface area (Å²) in [4.78, 5) is 31.9. The molecule has 3 aromatic carbocycles. The van der Waals surface area contributed by atoms with Crippen molar-refractivity contribution in [3.05, 3.63) is 106 Å². The van der Waals surface area contributed by atoms with Gasteiger partial charge < -0.3 is 4.90 Å². The molecule has 6 nitrogen and oxygen atoms in total. The lowest BCUT2D eigenvalue weighted by molar-refractivity contribution is 0.0744. The van der Waals surface area contributed by atoms with Crippen LogP contribution in [-0.4, -0.2) is 56.9 Å². The fraction of sp³-hybridized carbons (Fsp3) is 0.378. The van der Waals surface area contributed by atoms with Crippen LogP contribution in [-0.2, 0) is 13.0 Å². The summed E-state index contributed by atoms with van der Waals surface area (Å²) in [5.41, 5.74) is 5.80. The van der Waals surface area contributed by atoms with Crippen LogP contribution in [0.5, 0.6) is 0 Å². The molecule has 0 N–H and O–H groups in total. The van der Waals surface area contributed by atoms with Crippen molar-refractivity contribution in [1.82, 2.24) is 19.6 Å². The fourth-order valence-electron chi connectivity index (χ4n) is 6.05. The van der Waals surface area contributed by atoms with Crippen molar-refractivity contribution in [3.8, 4) is 16.8 Å². The largest absolute Gasteiger partial charge is 0.337 e. The topological polar surface area (TPSA) is 58.4 Å². The van der Waals surface area contributed by atoms with E-state index in [9.17, 15) is 14.0 Å². The Labute approximate surface area is 270 Å². The summed E-state index contributed by atoms with van der Waals surface area (Å²) in [7, 11) is 0. The third-order valence-electron chi connectivity index (χ3n) is 8.72. The van der Waals surface area contributed by atoms with E-state index in [-0.39, 0.29) is 29.3 Å². The lowest BCUT2D eigenvalue weighted by Gasteiger charge is -2.34. The Morgan fingerprint density at radius 1 is 0.978 bits per heavy atom. The van der Waals surface area contributed by atoms with Gasteiger partial charge in [0.15, 0.2) is 11.5 Å². The van der Waals surface area contributed by atoms with Gasteiger partial charge in [0, 0.05) is 42.5 Å². The van der Waals surface area contributed by atoms with Crippen molar-refractivity contribution in [2.45, 2.75) is 72.4 Å². The zero-order valence-corrected chi connectivity index (χ0v) is 27.4. The molecule has 0 fully saturated rings. The molecule has 1 aromatic heterocycles. The zero-order valence-electron chi connectivity index (χ0n) is 26.7. The van der Waals surface area contributed by atoms with Gasteiger partial charge in [-0.05, 0) is 74.1 Å². The van der Waals surface area contributed by atoms with Crippen LogP contribution in [0.1, 0.15) is 84.1 Å². The summed E-state index contributed by atoms with van der Waals surface area (Å²) in [6.07, 6.45) is 4.72. The molecule has 236 valence electrons. The van der Waals surface area contributed by atoms with E-state index in [1.807, 2.05) is 30.0 Å². The number of Topliss-reactive ketones (excluding diaryl/α,β-unsaturated/α-hetero) is 1. The number of ketones is 1. The molecule has 1 aliphatic rings. The molecule has 0 radical (unpaired) electrons. The molecule has 0 aliphatic carbocycles. The molecular weight excluding hydrogens is 587 g/mol. The van der Waals surface area contributed by atoms with E-state index in [2.05, 4.69) is 43.9 Å². The molecule has 0 bridgehead atoms. The monoisotopic (exact) mass is 628 g/mol. The summed E-state index contributed by atoms with van der Waals surface area (Å²) >= 11 is 6.38. The Balaban J connectivity index is 1.53. The summed E-state index contributed by atoms with van der Waals surface area (Å²) in [5.74, 6) is -0.704. The average molecular weight is 629 g/mol. The van der Waals surface area contributed by atoms with Crippen molar-refractivity contribution < 1.29 is 14.0 Å². The van der Waals surface area contributed by atoms with Crippen LogP contribution in [0, 0.1) is 12.7 Å². The number of fused-ring (bicyclic) bond motifs is 1. The second-order valence-electron chi connectivity index (χ2n) is 12.1. The lowest BCUT2D eigenvalue weighted by Crippen LogP contribution is -2.41. The number of amides is 1. The molecule has 2 heterocycles. The van der Waals surface area contributed by atoms with Gasteiger partial charge in [-0.25, -0.2) is 9.07 Å². The van der Waals surface area contributed by atoms with Crippen LogP contribution in [0.3, 0.4) is 0 Å². The van der Waals surface area contributed by atoms with Gasteiger partial charge in [-0.15, -0.1) is 0 Å². The van der Waals surface area contributed by atoms with Crippen molar-refractivity contribution >= 4 is 23.3 Å². The Bertz CT molecular complexity index is 1670. The number of carbonyl (C=O) groups is 2. The molecule has 0 unspecified atom stereocenters. The van der Waals surface area contributed by atoms with Crippen molar-refractivity contribution in [2.75, 3.05) is 19.6 Å². The van der Waals surface area contributed by atoms with E-state index >= 15 is 0 Å². The molecule has 45 heavy (non-hydrogen) atoms. The van der Waals surface area contributed by atoms with Crippen molar-refractivity contribution in [2.24, 2.45) is 0 Å². The van der Waals surface area contributed by atoms with Gasteiger partial charge in [0.1, 0.15) is 5.82 Å². The van der Waals surface area contributed by atoms with E-state index in [0.29, 0.717) is 47.7 Å². The summed E-state index contributed by atoms with van der Waals surface area (Å²) in [6, 6.07) is 20.4. The minimum atomic E-state index is -0.520. The smallest absolute Gasteiger partial charge is 0.274 e. The highest BCUT2D eigenvalue weighted by atomic mass is 35.5. The highest BCUT2D eigenvalue weighted by Crippen LogP contribution is 2.33. The fourth-order valence-corrected chi connectivity index (χ4v) is 6.29. The number of nitrogens with zero attached hydrogens (tertiary/aromatic N) is 4. The zero-order chi connectivity index (χ0) is 32.1. The molecule has 1 aliphatic heterocycles. The Morgan fingerprint density at radius 3 is 2.40 bits per heavy atom. The number of hydrogen-bond acceptors (Lipinski definition) is 4. The van der Waals surface area contributed by atoms with E-state index in [1.165, 1.54) is 17.2 Å². The van der Waals surface area contributed by atoms with Crippen LogP contribution < -0.4 is 0 Å².